The van der Waals surface area contributed by atoms with E-state index in [1.807, 2.05) is 16.8 Å². The highest BCUT2D eigenvalue weighted by atomic mass is 127. The van der Waals surface area contributed by atoms with Crippen molar-refractivity contribution >= 4 is 38.5 Å². The van der Waals surface area contributed by atoms with Gasteiger partial charge in [0.05, 0.1) is 11.7 Å². The molecule has 1 unspecified atom stereocenters. The van der Waals surface area contributed by atoms with E-state index in [9.17, 15) is 0 Å². The molecular weight excluding hydrogens is 393 g/mol. The Morgan fingerprint density at radius 3 is 2.94 bits per heavy atom. The van der Waals surface area contributed by atoms with Gasteiger partial charge >= 0.3 is 0 Å². The fraction of sp³-hybridized carbons (Fsp3) is 0.250. The van der Waals surface area contributed by atoms with Crippen molar-refractivity contribution in [2.75, 3.05) is 0 Å². The summed E-state index contributed by atoms with van der Waals surface area (Å²) >= 11 is 5.79. The minimum atomic E-state index is -0.137. The summed E-state index contributed by atoms with van der Waals surface area (Å²) in [5, 5.41) is 4.26. The molecule has 0 aliphatic heterocycles. The quantitative estimate of drug-likeness (QED) is 0.796. The van der Waals surface area contributed by atoms with E-state index in [4.69, 9.17) is 5.73 Å². The van der Waals surface area contributed by atoms with Crippen molar-refractivity contribution in [3.63, 3.8) is 0 Å². The van der Waals surface area contributed by atoms with E-state index in [-0.39, 0.29) is 6.04 Å². The molecule has 1 heterocycles. The third-order valence-electron chi connectivity index (χ3n) is 2.66. The Bertz CT molecular complexity index is 524. The molecule has 1 atom stereocenters. The number of aromatic nitrogens is 2. The summed E-state index contributed by atoms with van der Waals surface area (Å²) in [5.74, 6) is 0. The first-order valence-corrected chi connectivity index (χ1v) is 7.23. The molecule has 2 rings (SSSR count). The molecule has 0 bridgehead atoms. The smallest absolute Gasteiger partial charge is 0.0733 e. The fourth-order valence-electron chi connectivity index (χ4n) is 1.78. The molecule has 0 amide bonds. The number of hydrogen-bond donors (Lipinski definition) is 1. The third kappa shape index (κ3) is 2.71. The van der Waals surface area contributed by atoms with Crippen LogP contribution in [0.15, 0.2) is 34.9 Å². The Labute approximate surface area is 123 Å². The molecule has 3 nitrogen and oxygen atoms in total. The van der Waals surface area contributed by atoms with Crippen LogP contribution in [0.4, 0.5) is 0 Å². The van der Waals surface area contributed by atoms with Crippen LogP contribution in [-0.4, -0.2) is 9.78 Å². The molecule has 5 heteroatoms. The third-order valence-corrected chi connectivity index (χ3v) is 4.14. The Morgan fingerprint density at radius 1 is 1.47 bits per heavy atom. The first kappa shape index (κ1) is 13.0. The summed E-state index contributed by atoms with van der Waals surface area (Å²) in [4.78, 5) is 0. The molecule has 2 N–H and O–H groups in total. The van der Waals surface area contributed by atoms with Crippen LogP contribution in [0.5, 0.6) is 0 Å². The zero-order valence-electron chi connectivity index (χ0n) is 9.40. The average Bonchev–Trinajstić information content (AvgIpc) is 2.79. The average molecular weight is 406 g/mol. The number of rotatable bonds is 3. The largest absolute Gasteiger partial charge is 0.319 e. The van der Waals surface area contributed by atoms with Gasteiger partial charge in [-0.25, -0.2) is 0 Å². The van der Waals surface area contributed by atoms with Gasteiger partial charge in [-0.1, -0.05) is 15.9 Å². The summed E-state index contributed by atoms with van der Waals surface area (Å²) in [5.41, 5.74) is 8.49. The van der Waals surface area contributed by atoms with Crippen molar-refractivity contribution in [3.05, 3.63) is 49.8 Å². The maximum Gasteiger partial charge on any atom is 0.0733 e. The summed E-state index contributed by atoms with van der Waals surface area (Å²) in [6, 6.07) is 7.99. The van der Waals surface area contributed by atoms with Crippen LogP contribution in [0.25, 0.3) is 0 Å². The second-order valence-corrected chi connectivity index (χ2v) is 5.79. The number of benzene rings is 1. The van der Waals surface area contributed by atoms with Gasteiger partial charge < -0.3 is 5.73 Å². The Balaban J connectivity index is 2.43. The number of nitrogens with zero attached hydrogens (tertiary/aromatic N) is 2. The maximum atomic E-state index is 6.32. The first-order valence-electron chi connectivity index (χ1n) is 5.35. The van der Waals surface area contributed by atoms with E-state index in [0.29, 0.717) is 0 Å². The minimum absolute atomic E-state index is 0.137. The lowest BCUT2D eigenvalue weighted by Crippen LogP contribution is -2.18. The monoisotopic (exact) mass is 405 g/mol. The van der Waals surface area contributed by atoms with Crippen LogP contribution in [0.1, 0.15) is 24.2 Å². The van der Waals surface area contributed by atoms with Crippen LogP contribution in [0.3, 0.4) is 0 Å². The van der Waals surface area contributed by atoms with Crippen molar-refractivity contribution in [1.82, 2.24) is 9.78 Å². The summed E-state index contributed by atoms with van der Waals surface area (Å²) in [7, 11) is 0. The van der Waals surface area contributed by atoms with Gasteiger partial charge in [-0.15, -0.1) is 0 Å². The SMILES string of the molecule is CCn1nccc1C(N)c1cc(Br)ccc1I. The molecule has 0 aliphatic carbocycles. The van der Waals surface area contributed by atoms with E-state index in [1.54, 1.807) is 6.20 Å². The Kier molecular flexibility index (Phi) is 4.22. The molecule has 0 saturated carbocycles. The lowest BCUT2D eigenvalue weighted by atomic mass is 10.0. The summed E-state index contributed by atoms with van der Waals surface area (Å²) in [6.07, 6.45) is 1.80. The molecule has 0 radical (unpaired) electrons. The van der Waals surface area contributed by atoms with E-state index >= 15 is 0 Å². The molecule has 0 aliphatic rings. The highest BCUT2D eigenvalue weighted by Crippen LogP contribution is 2.27. The van der Waals surface area contributed by atoms with E-state index in [1.165, 1.54) is 3.57 Å². The van der Waals surface area contributed by atoms with Gasteiger partial charge in [-0.2, -0.15) is 5.10 Å². The molecule has 2 aromatic rings. The molecule has 0 fully saturated rings. The van der Waals surface area contributed by atoms with Crippen molar-refractivity contribution in [3.8, 4) is 0 Å². The molecule has 17 heavy (non-hydrogen) atoms. The zero-order chi connectivity index (χ0) is 12.4. The lowest BCUT2D eigenvalue weighted by molar-refractivity contribution is 0.600. The van der Waals surface area contributed by atoms with Gasteiger partial charge in [0.1, 0.15) is 0 Å². The van der Waals surface area contributed by atoms with Gasteiger partial charge in [-0.3, -0.25) is 4.68 Å². The second-order valence-electron chi connectivity index (χ2n) is 3.72. The number of hydrogen-bond acceptors (Lipinski definition) is 2. The second kappa shape index (κ2) is 5.49. The maximum absolute atomic E-state index is 6.32. The van der Waals surface area contributed by atoms with Crippen molar-refractivity contribution in [2.45, 2.75) is 19.5 Å². The van der Waals surface area contributed by atoms with Crippen LogP contribution < -0.4 is 5.73 Å². The number of nitrogens with two attached hydrogens (primary N) is 1. The van der Waals surface area contributed by atoms with Gasteiger partial charge in [0, 0.05) is 20.8 Å². The highest BCUT2D eigenvalue weighted by molar-refractivity contribution is 14.1. The van der Waals surface area contributed by atoms with E-state index in [2.05, 4.69) is 62.7 Å². The van der Waals surface area contributed by atoms with E-state index in [0.717, 1.165) is 22.3 Å². The van der Waals surface area contributed by atoms with Crippen LogP contribution in [0, 0.1) is 3.57 Å². The number of aryl methyl sites for hydroxylation is 1. The van der Waals surface area contributed by atoms with Crippen molar-refractivity contribution in [1.29, 1.82) is 0 Å². The Hall–Kier alpha value is -0.400. The minimum Gasteiger partial charge on any atom is -0.319 e. The molecule has 1 aromatic carbocycles. The Morgan fingerprint density at radius 2 is 2.24 bits per heavy atom. The van der Waals surface area contributed by atoms with Gasteiger partial charge in [0.2, 0.25) is 0 Å². The zero-order valence-corrected chi connectivity index (χ0v) is 13.1. The summed E-state index contributed by atoms with van der Waals surface area (Å²) < 4.78 is 4.15. The molecule has 90 valence electrons. The predicted octanol–water partition coefficient (Wildman–Crippen LogP) is 3.32. The van der Waals surface area contributed by atoms with Crippen LogP contribution in [0.2, 0.25) is 0 Å². The van der Waals surface area contributed by atoms with E-state index < -0.39 is 0 Å². The molecule has 0 saturated heterocycles. The lowest BCUT2D eigenvalue weighted by Gasteiger charge is -2.15. The fourth-order valence-corrected chi connectivity index (χ4v) is 2.83. The van der Waals surface area contributed by atoms with Crippen LogP contribution in [-0.2, 0) is 6.54 Å². The van der Waals surface area contributed by atoms with Gasteiger partial charge in [-0.05, 0) is 59.3 Å². The number of halogens is 2. The normalized spacial score (nSPS) is 12.7. The highest BCUT2D eigenvalue weighted by Gasteiger charge is 2.16. The summed E-state index contributed by atoms with van der Waals surface area (Å²) in [6.45, 7) is 2.90. The molecule has 1 aromatic heterocycles. The predicted molar refractivity (Wildman–Crippen MR) is 80.8 cm³/mol. The van der Waals surface area contributed by atoms with Gasteiger partial charge in [0.15, 0.2) is 0 Å². The van der Waals surface area contributed by atoms with Crippen LogP contribution >= 0.6 is 38.5 Å². The first-order chi connectivity index (χ1) is 8.13. The standard InChI is InChI=1S/C12H13BrIN3/c1-2-17-11(5-6-16-17)12(15)9-7-8(13)3-4-10(9)14/h3-7,12H,2,15H2,1H3. The molecular formula is C12H13BrIN3. The van der Waals surface area contributed by atoms with Crippen molar-refractivity contribution < 1.29 is 0 Å². The molecule has 0 spiro atoms. The topological polar surface area (TPSA) is 43.8 Å². The van der Waals surface area contributed by atoms with Crippen molar-refractivity contribution in [2.24, 2.45) is 5.73 Å². The van der Waals surface area contributed by atoms with Gasteiger partial charge in [0.25, 0.3) is 0 Å².